The molecule has 0 amide bonds. The first-order chi connectivity index (χ1) is 6.70. The van der Waals surface area contributed by atoms with Crippen molar-refractivity contribution in [2.24, 2.45) is 0 Å². The van der Waals surface area contributed by atoms with Crippen molar-refractivity contribution in [1.82, 2.24) is 0 Å². The molecule has 0 aromatic carbocycles. The SMILES string of the molecule is CCOC(=O)c1cc2cc(Cl)sc2s1. The minimum absolute atomic E-state index is 0.253. The summed E-state index contributed by atoms with van der Waals surface area (Å²) >= 11 is 8.74. The zero-order valence-corrected chi connectivity index (χ0v) is 9.76. The molecule has 0 saturated carbocycles. The van der Waals surface area contributed by atoms with Gasteiger partial charge < -0.3 is 4.74 Å². The smallest absolute Gasteiger partial charge is 0.348 e. The third-order valence-corrected chi connectivity index (χ3v) is 4.16. The van der Waals surface area contributed by atoms with Crippen LogP contribution in [0.2, 0.25) is 4.34 Å². The number of carbonyl (C=O) groups excluding carboxylic acids is 1. The summed E-state index contributed by atoms with van der Waals surface area (Å²) in [7, 11) is 0. The summed E-state index contributed by atoms with van der Waals surface area (Å²) in [5, 5.41) is 1.02. The van der Waals surface area contributed by atoms with E-state index < -0.39 is 0 Å². The zero-order valence-electron chi connectivity index (χ0n) is 7.37. The van der Waals surface area contributed by atoms with Crippen molar-refractivity contribution in [3.63, 3.8) is 0 Å². The second kappa shape index (κ2) is 3.88. The zero-order chi connectivity index (χ0) is 10.1. The van der Waals surface area contributed by atoms with Gasteiger partial charge in [-0.25, -0.2) is 4.79 Å². The van der Waals surface area contributed by atoms with E-state index in [1.807, 2.05) is 12.1 Å². The van der Waals surface area contributed by atoms with Gasteiger partial charge in [0.15, 0.2) is 0 Å². The fourth-order valence-corrected chi connectivity index (χ4v) is 3.67. The van der Waals surface area contributed by atoms with Gasteiger partial charge in [0, 0.05) is 5.39 Å². The van der Waals surface area contributed by atoms with Crippen LogP contribution < -0.4 is 0 Å². The number of ether oxygens (including phenoxy) is 1. The minimum atomic E-state index is -0.253. The van der Waals surface area contributed by atoms with E-state index in [0.29, 0.717) is 11.5 Å². The van der Waals surface area contributed by atoms with Gasteiger partial charge in [-0.1, -0.05) is 11.6 Å². The van der Waals surface area contributed by atoms with Gasteiger partial charge >= 0.3 is 5.97 Å². The topological polar surface area (TPSA) is 26.3 Å². The highest BCUT2D eigenvalue weighted by atomic mass is 35.5. The third kappa shape index (κ3) is 1.78. The first-order valence-electron chi connectivity index (χ1n) is 4.06. The van der Waals surface area contributed by atoms with Crippen molar-refractivity contribution in [3.05, 3.63) is 21.3 Å². The maximum atomic E-state index is 11.4. The predicted molar refractivity (Wildman–Crippen MR) is 60.7 cm³/mol. The van der Waals surface area contributed by atoms with Crippen LogP contribution in [-0.4, -0.2) is 12.6 Å². The van der Waals surface area contributed by atoms with Crippen LogP contribution in [0.3, 0.4) is 0 Å². The molecule has 0 aliphatic heterocycles. The summed E-state index contributed by atoms with van der Waals surface area (Å²) in [5.41, 5.74) is 0. The van der Waals surface area contributed by atoms with Gasteiger partial charge in [-0.05, 0) is 19.1 Å². The lowest BCUT2D eigenvalue weighted by Crippen LogP contribution is -2.01. The highest BCUT2D eigenvalue weighted by molar-refractivity contribution is 7.40. The van der Waals surface area contributed by atoms with Gasteiger partial charge in [0.1, 0.15) is 4.88 Å². The highest BCUT2D eigenvalue weighted by Gasteiger charge is 2.12. The Balaban J connectivity index is 2.36. The molecule has 0 spiro atoms. The van der Waals surface area contributed by atoms with Gasteiger partial charge in [-0.15, -0.1) is 22.7 Å². The van der Waals surface area contributed by atoms with Crippen LogP contribution in [0.5, 0.6) is 0 Å². The van der Waals surface area contributed by atoms with Crippen molar-refractivity contribution in [3.8, 4) is 0 Å². The van der Waals surface area contributed by atoms with E-state index in [2.05, 4.69) is 0 Å². The number of fused-ring (bicyclic) bond motifs is 1. The molecule has 0 aliphatic rings. The molecule has 2 heterocycles. The van der Waals surface area contributed by atoms with Crippen molar-refractivity contribution in [2.75, 3.05) is 6.61 Å². The molecule has 0 radical (unpaired) electrons. The van der Waals surface area contributed by atoms with Crippen LogP contribution >= 0.6 is 34.3 Å². The number of halogens is 1. The van der Waals surface area contributed by atoms with E-state index in [-0.39, 0.29) is 5.97 Å². The van der Waals surface area contributed by atoms with E-state index in [9.17, 15) is 4.79 Å². The van der Waals surface area contributed by atoms with Gasteiger partial charge in [-0.3, -0.25) is 0 Å². The Morgan fingerprint density at radius 1 is 1.50 bits per heavy atom. The van der Waals surface area contributed by atoms with E-state index in [4.69, 9.17) is 16.3 Å². The molecule has 5 heteroatoms. The number of hydrogen-bond donors (Lipinski definition) is 0. The number of rotatable bonds is 2. The maximum Gasteiger partial charge on any atom is 0.348 e. The average molecular weight is 247 g/mol. The lowest BCUT2D eigenvalue weighted by Gasteiger charge is -1.95. The summed E-state index contributed by atoms with van der Waals surface area (Å²) in [6, 6.07) is 3.68. The Hall–Kier alpha value is -0.580. The molecular weight excluding hydrogens is 240 g/mol. The number of esters is 1. The third-order valence-electron chi connectivity index (χ3n) is 1.66. The molecule has 2 nitrogen and oxygen atoms in total. The predicted octanol–water partition coefficient (Wildman–Crippen LogP) is 3.79. The average Bonchev–Trinajstić information content (AvgIpc) is 2.61. The Morgan fingerprint density at radius 2 is 2.29 bits per heavy atom. The Labute approximate surface area is 94.1 Å². The molecule has 2 aromatic rings. The largest absolute Gasteiger partial charge is 0.462 e. The van der Waals surface area contributed by atoms with Crippen LogP contribution in [0.15, 0.2) is 12.1 Å². The van der Waals surface area contributed by atoms with Crippen molar-refractivity contribution in [1.29, 1.82) is 0 Å². The lowest BCUT2D eigenvalue weighted by molar-refractivity contribution is 0.0532. The van der Waals surface area contributed by atoms with Gasteiger partial charge in [0.05, 0.1) is 15.0 Å². The Kier molecular flexibility index (Phi) is 2.76. The molecule has 2 rings (SSSR count). The summed E-state index contributed by atoms with van der Waals surface area (Å²) in [6.07, 6.45) is 0. The second-order valence-corrected chi connectivity index (χ2v) is 5.62. The van der Waals surface area contributed by atoms with E-state index in [0.717, 1.165) is 13.7 Å². The number of hydrogen-bond acceptors (Lipinski definition) is 4. The molecule has 0 fully saturated rings. The van der Waals surface area contributed by atoms with Crippen LogP contribution in [-0.2, 0) is 4.74 Å². The van der Waals surface area contributed by atoms with Gasteiger partial charge in [0.25, 0.3) is 0 Å². The fourth-order valence-electron chi connectivity index (χ4n) is 1.11. The molecule has 0 N–H and O–H groups in total. The molecule has 0 atom stereocenters. The molecule has 2 aromatic heterocycles. The Bertz CT molecular complexity index is 441. The lowest BCUT2D eigenvalue weighted by atomic mass is 10.4. The van der Waals surface area contributed by atoms with E-state index >= 15 is 0 Å². The van der Waals surface area contributed by atoms with Crippen LogP contribution in [0.25, 0.3) is 9.40 Å². The molecule has 0 saturated heterocycles. The summed E-state index contributed by atoms with van der Waals surface area (Å²) in [4.78, 5) is 12.0. The van der Waals surface area contributed by atoms with Crippen molar-refractivity contribution < 1.29 is 9.53 Å². The van der Waals surface area contributed by atoms with Gasteiger partial charge in [-0.2, -0.15) is 0 Å². The monoisotopic (exact) mass is 246 g/mol. The van der Waals surface area contributed by atoms with Gasteiger partial charge in [0.2, 0.25) is 0 Å². The quantitative estimate of drug-likeness (QED) is 0.754. The van der Waals surface area contributed by atoms with E-state index in [1.54, 1.807) is 6.92 Å². The molecule has 0 aliphatic carbocycles. The Morgan fingerprint density at radius 3 is 2.93 bits per heavy atom. The molecule has 74 valence electrons. The summed E-state index contributed by atoms with van der Waals surface area (Å²) in [5.74, 6) is -0.253. The molecule has 0 bridgehead atoms. The van der Waals surface area contributed by atoms with Crippen molar-refractivity contribution >= 4 is 49.6 Å². The normalized spacial score (nSPS) is 10.7. The van der Waals surface area contributed by atoms with E-state index in [1.165, 1.54) is 22.7 Å². The van der Waals surface area contributed by atoms with Crippen LogP contribution in [0, 0.1) is 0 Å². The molecule has 0 unspecified atom stereocenters. The summed E-state index contributed by atoms with van der Waals surface area (Å²) in [6.45, 7) is 2.20. The fraction of sp³-hybridized carbons (Fsp3) is 0.222. The minimum Gasteiger partial charge on any atom is -0.462 e. The molecule has 14 heavy (non-hydrogen) atoms. The number of carbonyl (C=O) groups is 1. The van der Waals surface area contributed by atoms with Crippen molar-refractivity contribution in [2.45, 2.75) is 6.92 Å². The summed E-state index contributed by atoms with van der Waals surface area (Å²) < 4.78 is 6.72. The standard InChI is InChI=1S/C9H7ClO2S2/c1-2-12-8(11)6-3-5-4-7(10)14-9(5)13-6/h3-4H,2H2,1H3. The van der Waals surface area contributed by atoms with Crippen LogP contribution in [0.4, 0.5) is 0 Å². The van der Waals surface area contributed by atoms with Crippen LogP contribution in [0.1, 0.15) is 16.6 Å². The molecular formula is C9H7ClO2S2. The highest BCUT2D eigenvalue weighted by Crippen LogP contribution is 2.36. The second-order valence-electron chi connectivity index (χ2n) is 2.62. The first kappa shape index (κ1) is 9.96. The number of thiophene rings is 2. The maximum absolute atomic E-state index is 11.4. The first-order valence-corrected chi connectivity index (χ1v) is 6.08.